The predicted molar refractivity (Wildman–Crippen MR) is 28.1 cm³/mol. The maximum Gasteiger partial charge on any atom is 0.0991 e. The van der Waals surface area contributed by atoms with Crippen LogP contribution in [0.2, 0.25) is 0 Å². The van der Waals surface area contributed by atoms with E-state index in [-0.39, 0.29) is 0 Å². The van der Waals surface area contributed by atoms with E-state index in [1.807, 2.05) is 0 Å². The lowest BCUT2D eigenvalue weighted by atomic mass is 10.4. The lowest BCUT2D eigenvalue weighted by Crippen LogP contribution is -1.70. The van der Waals surface area contributed by atoms with Crippen molar-refractivity contribution in [2.75, 3.05) is 0 Å². The Morgan fingerprint density at radius 3 is 3.12 bits per heavy atom. The number of hydrogen-bond donors (Lipinski definition) is 1. The van der Waals surface area contributed by atoms with Crippen molar-refractivity contribution in [3.8, 4) is 0 Å². The fourth-order valence-electron chi connectivity index (χ4n) is 0.415. The minimum Gasteiger partial charge on any atom is -0.472 e. The number of rotatable bonds is 1. The molecule has 0 saturated heterocycles. The van der Waals surface area contributed by atoms with Gasteiger partial charge in [-0.3, -0.25) is 0 Å². The van der Waals surface area contributed by atoms with Crippen LogP contribution in [0.15, 0.2) is 28.2 Å². The molecular weight excluding hydrogens is 106 g/mol. The molecule has 0 amide bonds. The molecular formula is C5H5NO2. The Labute approximate surface area is 46.2 Å². The summed E-state index contributed by atoms with van der Waals surface area (Å²) in [6.07, 6.45) is 4.29. The minimum atomic E-state index is 0.757. The molecule has 0 bridgehead atoms. The van der Waals surface area contributed by atoms with Gasteiger partial charge >= 0.3 is 0 Å². The first-order chi connectivity index (χ1) is 3.93. The van der Waals surface area contributed by atoms with Crippen LogP contribution in [-0.2, 0) is 0 Å². The molecule has 0 aromatic carbocycles. The second kappa shape index (κ2) is 2.16. The Morgan fingerprint density at radius 1 is 1.75 bits per heavy atom. The van der Waals surface area contributed by atoms with Gasteiger partial charge in [0.25, 0.3) is 0 Å². The summed E-state index contributed by atoms with van der Waals surface area (Å²) < 4.78 is 4.66. The van der Waals surface area contributed by atoms with Gasteiger partial charge < -0.3 is 9.62 Å². The van der Waals surface area contributed by atoms with Crippen LogP contribution in [0.1, 0.15) is 5.56 Å². The molecule has 1 N–H and O–H groups in total. The molecule has 1 heterocycles. The van der Waals surface area contributed by atoms with Crippen molar-refractivity contribution in [1.82, 2.24) is 0 Å². The fraction of sp³-hybridized carbons (Fsp3) is 0. The summed E-state index contributed by atoms with van der Waals surface area (Å²) >= 11 is 0. The molecule has 42 valence electrons. The fourth-order valence-corrected chi connectivity index (χ4v) is 0.415. The highest BCUT2D eigenvalue weighted by Crippen LogP contribution is 1.93. The van der Waals surface area contributed by atoms with Crippen molar-refractivity contribution in [2.45, 2.75) is 0 Å². The van der Waals surface area contributed by atoms with Gasteiger partial charge in [-0.1, -0.05) is 5.16 Å². The molecule has 1 aromatic heterocycles. The van der Waals surface area contributed by atoms with Gasteiger partial charge in [0.15, 0.2) is 0 Å². The highest BCUT2D eigenvalue weighted by atomic mass is 16.4. The second-order valence-electron chi connectivity index (χ2n) is 1.30. The molecule has 3 nitrogen and oxygen atoms in total. The molecule has 1 rings (SSSR count). The monoisotopic (exact) mass is 111 g/mol. The number of nitrogens with zero attached hydrogens (tertiary/aromatic N) is 1. The molecule has 0 spiro atoms. The van der Waals surface area contributed by atoms with Crippen LogP contribution in [0.5, 0.6) is 0 Å². The van der Waals surface area contributed by atoms with E-state index in [1.54, 1.807) is 6.07 Å². The van der Waals surface area contributed by atoms with Crippen molar-refractivity contribution in [3.63, 3.8) is 0 Å². The summed E-state index contributed by atoms with van der Waals surface area (Å²) in [5.41, 5.74) is 0.757. The molecule has 0 radical (unpaired) electrons. The van der Waals surface area contributed by atoms with E-state index in [1.165, 1.54) is 18.7 Å². The number of oxime groups is 1. The van der Waals surface area contributed by atoms with Crippen LogP contribution >= 0.6 is 0 Å². The molecule has 0 saturated carbocycles. The first kappa shape index (κ1) is 4.90. The summed E-state index contributed by atoms with van der Waals surface area (Å²) in [4.78, 5) is 0. The smallest absolute Gasteiger partial charge is 0.0991 e. The third-order valence-corrected chi connectivity index (χ3v) is 0.750. The quantitative estimate of drug-likeness (QED) is 0.335. The standard InChI is InChI=1S/C5H5NO2/c7-6-3-5-1-2-8-4-5/h1-4,7H. The molecule has 0 atom stereocenters. The zero-order valence-electron chi connectivity index (χ0n) is 4.11. The van der Waals surface area contributed by atoms with Crippen molar-refractivity contribution < 1.29 is 9.62 Å². The van der Waals surface area contributed by atoms with Crippen molar-refractivity contribution in [2.24, 2.45) is 5.16 Å². The SMILES string of the molecule is ON=Cc1ccoc1. The highest BCUT2D eigenvalue weighted by molar-refractivity contribution is 5.78. The summed E-state index contributed by atoms with van der Waals surface area (Å²) in [6, 6.07) is 1.69. The van der Waals surface area contributed by atoms with Gasteiger partial charge in [0.2, 0.25) is 0 Å². The second-order valence-corrected chi connectivity index (χ2v) is 1.30. The molecule has 0 aliphatic carbocycles. The first-order valence-corrected chi connectivity index (χ1v) is 2.13. The summed E-state index contributed by atoms with van der Waals surface area (Å²) in [5, 5.41) is 10.8. The van der Waals surface area contributed by atoms with Crippen LogP contribution in [0.25, 0.3) is 0 Å². The van der Waals surface area contributed by atoms with Gasteiger partial charge in [0.1, 0.15) is 0 Å². The van der Waals surface area contributed by atoms with E-state index in [9.17, 15) is 0 Å². The van der Waals surface area contributed by atoms with Crippen LogP contribution in [0.4, 0.5) is 0 Å². The zero-order valence-corrected chi connectivity index (χ0v) is 4.11. The van der Waals surface area contributed by atoms with Crippen LogP contribution in [-0.4, -0.2) is 11.4 Å². The Hall–Kier alpha value is -1.25. The molecule has 0 fully saturated rings. The number of furan rings is 1. The van der Waals surface area contributed by atoms with Gasteiger partial charge in [-0.25, -0.2) is 0 Å². The summed E-state index contributed by atoms with van der Waals surface area (Å²) in [6.45, 7) is 0. The predicted octanol–water partition coefficient (Wildman–Crippen LogP) is 1.09. The van der Waals surface area contributed by atoms with Gasteiger partial charge in [0, 0.05) is 5.56 Å². The van der Waals surface area contributed by atoms with Crippen LogP contribution < -0.4 is 0 Å². The van der Waals surface area contributed by atoms with E-state index in [4.69, 9.17) is 5.21 Å². The van der Waals surface area contributed by atoms with Gasteiger partial charge in [0.05, 0.1) is 18.7 Å². The minimum absolute atomic E-state index is 0.757. The third-order valence-electron chi connectivity index (χ3n) is 0.750. The van der Waals surface area contributed by atoms with E-state index in [0.29, 0.717) is 0 Å². The van der Waals surface area contributed by atoms with E-state index in [2.05, 4.69) is 9.57 Å². The normalized spacial score (nSPS) is 10.5. The summed E-state index contributed by atoms with van der Waals surface area (Å²) in [5.74, 6) is 0. The van der Waals surface area contributed by atoms with Gasteiger partial charge in [-0.2, -0.15) is 0 Å². The van der Waals surface area contributed by atoms with Crippen LogP contribution in [0.3, 0.4) is 0 Å². The maximum atomic E-state index is 7.97. The largest absolute Gasteiger partial charge is 0.472 e. The zero-order chi connectivity index (χ0) is 5.82. The molecule has 0 unspecified atom stereocenters. The van der Waals surface area contributed by atoms with Gasteiger partial charge in [-0.15, -0.1) is 0 Å². The summed E-state index contributed by atoms with van der Waals surface area (Å²) in [7, 11) is 0. The maximum absolute atomic E-state index is 7.97. The Morgan fingerprint density at radius 2 is 2.62 bits per heavy atom. The molecule has 0 aliphatic heterocycles. The van der Waals surface area contributed by atoms with E-state index >= 15 is 0 Å². The van der Waals surface area contributed by atoms with Crippen molar-refractivity contribution in [3.05, 3.63) is 24.2 Å². The highest BCUT2D eigenvalue weighted by Gasteiger charge is 1.83. The molecule has 0 aliphatic rings. The molecule has 3 heteroatoms. The van der Waals surface area contributed by atoms with E-state index < -0.39 is 0 Å². The van der Waals surface area contributed by atoms with Crippen molar-refractivity contribution >= 4 is 6.21 Å². The lowest BCUT2D eigenvalue weighted by molar-refractivity contribution is 0.322. The Kier molecular flexibility index (Phi) is 1.32. The first-order valence-electron chi connectivity index (χ1n) is 2.13. The average Bonchev–Trinajstić information content (AvgIpc) is 2.19. The van der Waals surface area contributed by atoms with E-state index in [0.717, 1.165) is 5.56 Å². The third kappa shape index (κ3) is 0.872. The molecule has 8 heavy (non-hydrogen) atoms. The Bertz CT molecular complexity index is 167. The average molecular weight is 111 g/mol. The Balaban J connectivity index is 2.77. The van der Waals surface area contributed by atoms with Crippen molar-refractivity contribution in [1.29, 1.82) is 0 Å². The number of hydrogen-bond acceptors (Lipinski definition) is 3. The molecule has 1 aromatic rings. The lowest BCUT2D eigenvalue weighted by Gasteiger charge is -1.71. The topological polar surface area (TPSA) is 45.7 Å². The van der Waals surface area contributed by atoms with Gasteiger partial charge in [-0.05, 0) is 6.07 Å². The van der Waals surface area contributed by atoms with Crippen LogP contribution in [0, 0.1) is 0 Å².